The SMILES string of the molecule is COc1cc(C=C2NC(=O)N(Cc3ccccc3F)C2=O)ccc1OCC(=O)[O-]. The molecule has 0 aromatic heterocycles. The fourth-order valence-corrected chi connectivity index (χ4v) is 2.71. The summed E-state index contributed by atoms with van der Waals surface area (Å²) in [5, 5.41) is 13.0. The minimum Gasteiger partial charge on any atom is -0.546 e. The zero-order valence-corrected chi connectivity index (χ0v) is 15.3. The van der Waals surface area contributed by atoms with Crippen molar-refractivity contribution in [3.05, 3.63) is 65.1 Å². The van der Waals surface area contributed by atoms with E-state index < -0.39 is 30.3 Å². The molecule has 0 saturated carbocycles. The average Bonchev–Trinajstić information content (AvgIpc) is 2.95. The van der Waals surface area contributed by atoms with Crippen LogP contribution in [0.15, 0.2) is 48.2 Å². The van der Waals surface area contributed by atoms with Crippen LogP contribution in [0.2, 0.25) is 0 Å². The first kappa shape index (κ1) is 19.9. The Bertz CT molecular complexity index is 1000. The summed E-state index contributed by atoms with van der Waals surface area (Å²) < 4.78 is 24.0. The van der Waals surface area contributed by atoms with E-state index in [1.807, 2.05) is 0 Å². The van der Waals surface area contributed by atoms with E-state index in [9.17, 15) is 23.9 Å². The van der Waals surface area contributed by atoms with Crippen molar-refractivity contribution in [3.63, 3.8) is 0 Å². The maximum Gasteiger partial charge on any atom is 0.329 e. The van der Waals surface area contributed by atoms with Crippen LogP contribution in [0.5, 0.6) is 11.5 Å². The summed E-state index contributed by atoms with van der Waals surface area (Å²) in [7, 11) is 1.37. The molecule has 3 rings (SSSR count). The molecule has 0 spiro atoms. The molecule has 8 nitrogen and oxygen atoms in total. The normalized spacial score (nSPS) is 14.8. The summed E-state index contributed by atoms with van der Waals surface area (Å²) in [4.78, 5) is 36.1. The van der Waals surface area contributed by atoms with Crippen LogP contribution in [-0.4, -0.2) is 36.5 Å². The highest BCUT2D eigenvalue weighted by molar-refractivity contribution is 6.13. The average molecular weight is 399 g/mol. The summed E-state index contributed by atoms with van der Waals surface area (Å²) in [5.74, 6) is -2.08. The molecule has 1 saturated heterocycles. The number of amides is 3. The van der Waals surface area contributed by atoms with Gasteiger partial charge in [0.15, 0.2) is 11.5 Å². The first-order chi connectivity index (χ1) is 13.9. The van der Waals surface area contributed by atoms with Crippen molar-refractivity contribution < 1.29 is 33.4 Å². The first-order valence-corrected chi connectivity index (χ1v) is 8.47. The summed E-state index contributed by atoms with van der Waals surface area (Å²) in [5.41, 5.74) is 0.726. The smallest absolute Gasteiger partial charge is 0.329 e. The summed E-state index contributed by atoms with van der Waals surface area (Å²) in [6, 6.07) is 9.75. The molecule has 2 aromatic rings. The molecule has 150 valence electrons. The van der Waals surface area contributed by atoms with Crippen LogP contribution in [0.4, 0.5) is 9.18 Å². The zero-order valence-electron chi connectivity index (χ0n) is 15.3. The van der Waals surface area contributed by atoms with Gasteiger partial charge < -0.3 is 24.7 Å². The van der Waals surface area contributed by atoms with Gasteiger partial charge in [0, 0.05) is 5.56 Å². The Balaban J connectivity index is 1.80. The van der Waals surface area contributed by atoms with Gasteiger partial charge >= 0.3 is 6.03 Å². The van der Waals surface area contributed by atoms with E-state index in [2.05, 4.69) is 5.32 Å². The number of benzene rings is 2. The predicted octanol–water partition coefficient (Wildman–Crippen LogP) is 1.06. The summed E-state index contributed by atoms with van der Waals surface area (Å²) in [6.45, 7) is -0.843. The quantitative estimate of drug-likeness (QED) is 0.551. The lowest BCUT2D eigenvalue weighted by atomic mass is 10.1. The number of aliphatic carboxylic acids is 1. The van der Waals surface area contributed by atoms with Gasteiger partial charge in [-0.2, -0.15) is 0 Å². The van der Waals surface area contributed by atoms with Crippen LogP contribution in [0.25, 0.3) is 6.08 Å². The number of carboxylic acid groups (broad SMARTS) is 1. The molecule has 1 heterocycles. The number of halogens is 1. The maximum atomic E-state index is 13.8. The number of hydrogen-bond donors (Lipinski definition) is 1. The van der Waals surface area contributed by atoms with E-state index in [1.54, 1.807) is 12.1 Å². The molecule has 9 heteroatoms. The van der Waals surface area contributed by atoms with Gasteiger partial charge in [-0.25, -0.2) is 9.18 Å². The van der Waals surface area contributed by atoms with Gasteiger partial charge in [-0.15, -0.1) is 0 Å². The molecule has 1 N–H and O–H groups in total. The predicted molar refractivity (Wildman–Crippen MR) is 97.0 cm³/mol. The van der Waals surface area contributed by atoms with Gasteiger partial charge in [-0.1, -0.05) is 24.3 Å². The second-order valence-electron chi connectivity index (χ2n) is 6.04. The van der Waals surface area contributed by atoms with Crippen molar-refractivity contribution in [1.29, 1.82) is 0 Å². The van der Waals surface area contributed by atoms with Crippen LogP contribution in [-0.2, 0) is 16.1 Å². The van der Waals surface area contributed by atoms with Gasteiger partial charge in [0.25, 0.3) is 5.91 Å². The van der Waals surface area contributed by atoms with Crippen molar-refractivity contribution in [2.24, 2.45) is 0 Å². The minimum absolute atomic E-state index is 0.0109. The molecule has 0 radical (unpaired) electrons. The molecule has 1 aliphatic heterocycles. The van der Waals surface area contributed by atoms with Crippen LogP contribution in [0.3, 0.4) is 0 Å². The first-order valence-electron chi connectivity index (χ1n) is 8.47. The van der Waals surface area contributed by atoms with Crippen molar-refractivity contribution in [3.8, 4) is 11.5 Å². The molecule has 0 atom stereocenters. The molecule has 0 bridgehead atoms. The van der Waals surface area contributed by atoms with Crippen molar-refractivity contribution in [2.75, 3.05) is 13.7 Å². The fraction of sp³-hybridized carbons (Fsp3) is 0.150. The number of nitrogens with one attached hydrogen (secondary N) is 1. The number of urea groups is 1. The van der Waals surface area contributed by atoms with Gasteiger partial charge in [0.1, 0.15) is 18.1 Å². The highest BCUT2D eigenvalue weighted by atomic mass is 19.1. The number of carboxylic acids is 1. The van der Waals surface area contributed by atoms with Gasteiger partial charge in [0.2, 0.25) is 0 Å². The van der Waals surface area contributed by atoms with E-state index in [4.69, 9.17) is 9.47 Å². The van der Waals surface area contributed by atoms with E-state index in [0.717, 1.165) is 4.90 Å². The molecule has 1 fully saturated rings. The Morgan fingerprint density at radius 3 is 2.66 bits per heavy atom. The molecule has 1 aliphatic rings. The van der Waals surface area contributed by atoms with Crippen LogP contribution in [0, 0.1) is 5.82 Å². The summed E-state index contributed by atoms with van der Waals surface area (Å²) in [6.07, 6.45) is 1.42. The van der Waals surface area contributed by atoms with Crippen LogP contribution >= 0.6 is 0 Å². The Labute approximate surface area is 165 Å². The van der Waals surface area contributed by atoms with Crippen LogP contribution in [0.1, 0.15) is 11.1 Å². The van der Waals surface area contributed by atoms with E-state index in [-0.39, 0.29) is 29.3 Å². The molecular weight excluding hydrogens is 383 g/mol. The van der Waals surface area contributed by atoms with Gasteiger partial charge in [0.05, 0.1) is 19.6 Å². The van der Waals surface area contributed by atoms with Crippen LogP contribution < -0.4 is 19.9 Å². The topological polar surface area (TPSA) is 108 Å². The zero-order chi connectivity index (χ0) is 21.0. The number of imide groups is 1. The Kier molecular flexibility index (Phi) is 5.77. The third kappa shape index (κ3) is 4.52. The lowest BCUT2D eigenvalue weighted by molar-refractivity contribution is -0.307. The van der Waals surface area contributed by atoms with E-state index in [0.29, 0.717) is 5.56 Å². The monoisotopic (exact) mass is 399 g/mol. The number of carbonyl (C=O) groups excluding carboxylic acids is 3. The lowest BCUT2D eigenvalue weighted by Crippen LogP contribution is -2.30. The fourth-order valence-electron chi connectivity index (χ4n) is 2.71. The maximum absolute atomic E-state index is 13.8. The second kappa shape index (κ2) is 8.42. The third-order valence-corrected chi connectivity index (χ3v) is 4.09. The standard InChI is InChI=1S/C20H17FN2O6/c1-28-17-9-12(6-7-16(17)29-11-18(24)25)8-15-19(26)23(20(27)22-15)10-13-4-2-3-5-14(13)21/h2-9H,10-11H2,1H3,(H,22,27)(H,24,25)/p-1. The molecular formula is C20H16FN2O6-. The molecule has 3 amide bonds. The highest BCUT2D eigenvalue weighted by Crippen LogP contribution is 2.29. The Morgan fingerprint density at radius 1 is 1.21 bits per heavy atom. The number of carbonyl (C=O) groups is 3. The molecule has 29 heavy (non-hydrogen) atoms. The highest BCUT2D eigenvalue weighted by Gasteiger charge is 2.34. The molecule has 0 aliphatic carbocycles. The second-order valence-corrected chi connectivity index (χ2v) is 6.04. The number of ether oxygens (including phenoxy) is 2. The van der Waals surface area contributed by atoms with E-state index >= 15 is 0 Å². The van der Waals surface area contributed by atoms with Crippen molar-refractivity contribution >= 4 is 24.0 Å². The van der Waals surface area contributed by atoms with Crippen molar-refractivity contribution in [1.82, 2.24) is 10.2 Å². The molecule has 0 unspecified atom stereocenters. The number of nitrogens with zero attached hydrogens (tertiary/aromatic N) is 1. The molecule has 2 aromatic carbocycles. The third-order valence-electron chi connectivity index (χ3n) is 4.09. The van der Waals surface area contributed by atoms with Crippen molar-refractivity contribution in [2.45, 2.75) is 6.54 Å². The largest absolute Gasteiger partial charge is 0.546 e. The number of hydrogen-bond acceptors (Lipinski definition) is 6. The van der Waals surface area contributed by atoms with Gasteiger partial charge in [-0.05, 0) is 29.8 Å². The van der Waals surface area contributed by atoms with E-state index in [1.165, 1.54) is 43.5 Å². The number of methoxy groups -OCH3 is 1. The summed E-state index contributed by atoms with van der Waals surface area (Å²) >= 11 is 0. The minimum atomic E-state index is -1.38. The number of rotatable bonds is 7. The Hall–Kier alpha value is -3.88. The lowest BCUT2D eigenvalue weighted by Gasteiger charge is -2.12. The van der Waals surface area contributed by atoms with Gasteiger partial charge in [-0.3, -0.25) is 9.69 Å². The Morgan fingerprint density at radius 2 is 1.97 bits per heavy atom.